The first-order chi connectivity index (χ1) is 17.1. The van der Waals surface area contributed by atoms with Gasteiger partial charge in [-0.25, -0.2) is 4.79 Å². The molecule has 1 aromatic carbocycles. The van der Waals surface area contributed by atoms with Gasteiger partial charge >= 0.3 is 12.1 Å². The van der Waals surface area contributed by atoms with Crippen LogP contribution >= 0.6 is 0 Å². The van der Waals surface area contributed by atoms with Gasteiger partial charge in [-0.15, -0.1) is 0 Å². The number of hydrogen-bond acceptors (Lipinski definition) is 5. The molecule has 0 saturated carbocycles. The summed E-state index contributed by atoms with van der Waals surface area (Å²) in [6.07, 6.45) is 5.13. The van der Waals surface area contributed by atoms with Crippen molar-refractivity contribution in [1.82, 2.24) is 9.80 Å². The van der Waals surface area contributed by atoms with Crippen molar-refractivity contribution in [1.29, 1.82) is 0 Å². The third kappa shape index (κ3) is 7.97. The molecule has 0 bridgehead atoms. The molecule has 2 aliphatic heterocycles. The second-order valence-electron chi connectivity index (χ2n) is 11.3. The first-order valence-corrected chi connectivity index (χ1v) is 13.6. The summed E-state index contributed by atoms with van der Waals surface area (Å²) in [5, 5.41) is 0. The van der Waals surface area contributed by atoms with Crippen LogP contribution in [-0.4, -0.2) is 66.2 Å². The van der Waals surface area contributed by atoms with Crippen LogP contribution in [0.25, 0.3) is 0 Å². The first-order valence-electron chi connectivity index (χ1n) is 13.6. The lowest BCUT2D eigenvalue weighted by Crippen LogP contribution is -2.42. The van der Waals surface area contributed by atoms with E-state index in [2.05, 4.69) is 12.1 Å². The molecule has 2 heterocycles. The molecule has 3 rings (SSSR count). The minimum absolute atomic E-state index is 0.199. The maximum absolute atomic E-state index is 13.0. The Bertz CT molecular complexity index is 884. The minimum atomic E-state index is -0.476. The van der Waals surface area contributed by atoms with Gasteiger partial charge in [0.1, 0.15) is 5.60 Å². The molecule has 2 atom stereocenters. The molecule has 2 aliphatic rings. The van der Waals surface area contributed by atoms with E-state index in [1.54, 1.807) is 4.90 Å². The largest absolute Gasteiger partial charge is 0.466 e. The van der Waals surface area contributed by atoms with Crippen LogP contribution in [-0.2, 0) is 19.1 Å². The highest BCUT2D eigenvalue weighted by atomic mass is 16.6. The van der Waals surface area contributed by atoms with Crippen molar-refractivity contribution in [3.8, 4) is 0 Å². The number of carbonyl (C=O) groups is 3. The van der Waals surface area contributed by atoms with Gasteiger partial charge in [0.15, 0.2) is 0 Å². The lowest BCUT2D eigenvalue weighted by Gasteiger charge is -2.35. The van der Waals surface area contributed by atoms with E-state index in [9.17, 15) is 14.4 Å². The molecule has 2 amide bonds. The van der Waals surface area contributed by atoms with E-state index in [-0.39, 0.29) is 23.9 Å². The number of likely N-dealkylation sites (tertiary alicyclic amines) is 2. The number of carbonyl (C=O) groups excluding carboxylic acids is 3. The van der Waals surface area contributed by atoms with Crippen molar-refractivity contribution in [3.63, 3.8) is 0 Å². The molecule has 200 valence electrons. The zero-order chi connectivity index (χ0) is 26.3. The third-order valence-electron chi connectivity index (χ3n) is 7.35. The number of esters is 1. The molecule has 0 aromatic heterocycles. The lowest BCUT2D eigenvalue weighted by atomic mass is 9.88. The van der Waals surface area contributed by atoms with E-state index in [4.69, 9.17) is 9.47 Å². The second-order valence-corrected chi connectivity index (χ2v) is 11.3. The van der Waals surface area contributed by atoms with E-state index in [1.165, 1.54) is 5.56 Å². The van der Waals surface area contributed by atoms with E-state index < -0.39 is 5.60 Å². The van der Waals surface area contributed by atoms with Gasteiger partial charge in [0.2, 0.25) is 5.91 Å². The fourth-order valence-electron chi connectivity index (χ4n) is 5.15. The van der Waals surface area contributed by atoms with E-state index in [1.807, 2.05) is 51.7 Å². The van der Waals surface area contributed by atoms with Crippen LogP contribution in [0.3, 0.4) is 0 Å². The second kappa shape index (κ2) is 12.6. The molecule has 0 aliphatic carbocycles. The highest BCUT2D eigenvalue weighted by Crippen LogP contribution is 2.30. The summed E-state index contributed by atoms with van der Waals surface area (Å²) in [5.74, 6) is 0.560. The molecule has 7 heteroatoms. The SMILES string of the molecule is CCOC(=O)C(C)c1ccc(C2CCCN(C(=O)CCC3CCN(C(=O)OC(C)(C)C)CC3)C2)cc1. The molecule has 0 radical (unpaired) electrons. The Morgan fingerprint density at radius 3 is 2.28 bits per heavy atom. The van der Waals surface area contributed by atoms with Crippen LogP contribution in [0.1, 0.15) is 96.1 Å². The molecule has 2 saturated heterocycles. The van der Waals surface area contributed by atoms with Crippen molar-refractivity contribution < 1.29 is 23.9 Å². The van der Waals surface area contributed by atoms with Crippen LogP contribution in [0.2, 0.25) is 0 Å². The van der Waals surface area contributed by atoms with Crippen LogP contribution in [0, 0.1) is 5.92 Å². The number of hydrogen-bond donors (Lipinski definition) is 0. The van der Waals surface area contributed by atoms with Crippen molar-refractivity contribution >= 4 is 18.0 Å². The molecule has 36 heavy (non-hydrogen) atoms. The van der Waals surface area contributed by atoms with Crippen LogP contribution in [0.4, 0.5) is 4.79 Å². The highest BCUT2D eigenvalue weighted by molar-refractivity contribution is 5.78. The molecule has 1 aromatic rings. The number of nitrogens with zero attached hydrogens (tertiary/aromatic N) is 2. The normalized spacial score (nSPS) is 20.1. The lowest BCUT2D eigenvalue weighted by molar-refractivity contribution is -0.144. The summed E-state index contributed by atoms with van der Waals surface area (Å²) in [5.41, 5.74) is 1.70. The number of ether oxygens (including phenoxy) is 2. The number of piperidine rings is 2. The summed E-state index contributed by atoms with van der Waals surface area (Å²) >= 11 is 0. The minimum Gasteiger partial charge on any atom is -0.466 e. The van der Waals surface area contributed by atoms with Crippen LogP contribution in [0.15, 0.2) is 24.3 Å². The first kappa shape index (κ1) is 28.0. The van der Waals surface area contributed by atoms with E-state index >= 15 is 0 Å². The van der Waals surface area contributed by atoms with E-state index in [0.29, 0.717) is 38.0 Å². The molecular formula is C29H44N2O5. The summed E-state index contributed by atoms with van der Waals surface area (Å²) in [7, 11) is 0. The van der Waals surface area contributed by atoms with Crippen molar-refractivity contribution in [2.45, 2.75) is 90.6 Å². The number of benzene rings is 1. The Kier molecular flexibility index (Phi) is 9.80. The van der Waals surface area contributed by atoms with E-state index in [0.717, 1.165) is 50.8 Å². The van der Waals surface area contributed by atoms with Crippen molar-refractivity contribution in [3.05, 3.63) is 35.4 Å². The molecule has 2 unspecified atom stereocenters. The van der Waals surface area contributed by atoms with Crippen LogP contribution < -0.4 is 0 Å². The van der Waals surface area contributed by atoms with Gasteiger partial charge in [0.05, 0.1) is 12.5 Å². The summed E-state index contributed by atoms with van der Waals surface area (Å²) in [6, 6.07) is 8.23. The zero-order valence-electron chi connectivity index (χ0n) is 22.8. The van der Waals surface area contributed by atoms with Gasteiger partial charge in [-0.1, -0.05) is 24.3 Å². The molecule has 2 fully saturated rings. The fourth-order valence-corrected chi connectivity index (χ4v) is 5.15. The Morgan fingerprint density at radius 1 is 1.00 bits per heavy atom. The van der Waals surface area contributed by atoms with Gasteiger partial charge in [-0.2, -0.15) is 0 Å². The van der Waals surface area contributed by atoms with Gasteiger partial charge in [0.25, 0.3) is 0 Å². The Labute approximate surface area is 216 Å². The van der Waals surface area contributed by atoms with Crippen molar-refractivity contribution in [2.75, 3.05) is 32.8 Å². The highest BCUT2D eigenvalue weighted by Gasteiger charge is 2.29. The van der Waals surface area contributed by atoms with Crippen molar-refractivity contribution in [2.24, 2.45) is 5.92 Å². The average molecular weight is 501 g/mol. The molecule has 7 nitrogen and oxygen atoms in total. The molecule has 0 N–H and O–H groups in total. The van der Waals surface area contributed by atoms with Crippen LogP contribution in [0.5, 0.6) is 0 Å². The summed E-state index contributed by atoms with van der Waals surface area (Å²) in [6.45, 7) is 12.7. The molecule has 0 spiro atoms. The predicted molar refractivity (Wildman–Crippen MR) is 140 cm³/mol. The Balaban J connectivity index is 1.44. The molecular weight excluding hydrogens is 456 g/mol. The average Bonchev–Trinajstić information content (AvgIpc) is 2.86. The predicted octanol–water partition coefficient (Wildman–Crippen LogP) is 5.49. The topological polar surface area (TPSA) is 76.2 Å². The number of amides is 2. The Hall–Kier alpha value is -2.57. The standard InChI is InChI=1S/C29H44N2O5/c1-6-35-27(33)21(2)23-10-12-24(13-11-23)25-8-7-17-31(20-25)26(32)14-9-22-15-18-30(19-16-22)28(34)36-29(3,4)5/h10-13,21-22,25H,6-9,14-20H2,1-5H3. The zero-order valence-corrected chi connectivity index (χ0v) is 22.8. The van der Waals surface area contributed by atoms with Gasteiger partial charge in [-0.05, 0) is 83.8 Å². The Morgan fingerprint density at radius 2 is 1.67 bits per heavy atom. The van der Waals surface area contributed by atoms with Gasteiger partial charge in [0, 0.05) is 38.5 Å². The number of rotatable bonds is 7. The quantitative estimate of drug-likeness (QED) is 0.463. The monoisotopic (exact) mass is 500 g/mol. The van der Waals surface area contributed by atoms with Gasteiger partial charge in [-0.3, -0.25) is 9.59 Å². The fraction of sp³-hybridized carbons (Fsp3) is 0.690. The summed E-state index contributed by atoms with van der Waals surface area (Å²) in [4.78, 5) is 41.1. The summed E-state index contributed by atoms with van der Waals surface area (Å²) < 4.78 is 10.6. The third-order valence-corrected chi connectivity index (χ3v) is 7.35. The smallest absolute Gasteiger partial charge is 0.410 e. The maximum atomic E-state index is 13.0. The maximum Gasteiger partial charge on any atom is 0.410 e. The van der Waals surface area contributed by atoms with Gasteiger partial charge < -0.3 is 19.3 Å².